The van der Waals surface area contributed by atoms with E-state index in [1.165, 1.54) is 0 Å². The van der Waals surface area contributed by atoms with Crippen LogP contribution < -0.4 is 5.32 Å². The smallest absolute Gasteiger partial charge is 0.120 e. The zero-order valence-corrected chi connectivity index (χ0v) is 8.33. The first kappa shape index (κ1) is 8.26. The van der Waals surface area contributed by atoms with Crippen molar-refractivity contribution in [2.45, 2.75) is 5.92 Å². The van der Waals surface area contributed by atoms with E-state index in [1.807, 2.05) is 28.8 Å². The van der Waals surface area contributed by atoms with Crippen LogP contribution in [0.15, 0.2) is 24.4 Å². The van der Waals surface area contributed by atoms with Crippen molar-refractivity contribution in [1.29, 1.82) is 0 Å². The summed E-state index contributed by atoms with van der Waals surface area (Å²) in [5.41, 5.74) is 1.07. The second-order valence-corrected chi connectivity index (χ2v) is 3.97. The predicted octanol–water partition coefficient (Wildman–Crippen LogP) is 1.67. The number of hydrogen-bond acceptors (Lipinski definition) is 2. The highest BCUT2D eigenvalue weighted by molar-refractivity contribution is 6.29. The monoisotopic (exact) mass is 207 g/mol. The Bertz CT molecular complexity index is 473. The number of nitrogens with zero attached hydrogens (tertiary/aromatic N) is 2. The molecule has 0 aliphatic carbocycles. The van der Waals surface area contributed by atoms with Crippen LogP contribution in [-0.2, 0) is 0 Å². The largest absolute Gasteiger partial charge is 0.315 e. The lowest BCUT2D eigenvalue weighted by atomic mass is 10.0. The van der Waals surface area contributed by atoms with E-state index in [9.17, 15) is 0 Å². The Hall–Kier alpha value is -1.06. The molecule has 0 saturated carbocycles. The van der Waals surface area contributed by atoms with Gasteiger partial charge in [-0.2, -0.15) is 0 Å². The van der Waals surface area contributed by atoms with Gasteiger partial charge in [-0.1, -0.05) is 17.7 Å². The van der Waals surface area contributed by atoms with Gasteiger partial charge in [-0.25, -0.2) is 4.98 Å². The number of halogens is 1. The molecule has 1 aliphatic heterocycles. The van der Waals surface area contributed by atoms with Crippen LogP contribution in [-0.4, -0.2) is 22.5 Å². The van der Waals surface area contributed by atoms with E-state index in [0.29, 0.717) is 5.92 Å². The molecule has 72 valence electrons. The van der Waals surface area contributed by atoms with Crippen molar-refractivity contribution >= 4 is 17.1 Å². The first-order valence-corrected chi connectivity index (χ1v) is 5.06. The van der Waals surface area contributed by atoms with Crippen molar-refractivity contribution in [2.75, 3.05) is 13.1 Å². The Kier molecular flexibility index (Phi) is 1.75. The van der Waals surface area contributed by atoms with Crippen LogP contribution in [0.5, 0.6) is 0 Å². The maximum Gasteiger partial charge on any atom is 0.120 e. The fourth-order valence-corrected chi connectivity index (χ4v) is 2.05. The molecule has 0 amide bonds. The van der Waals surface area contributed by atoms with Gasteiger partial charge < -0.3 is 5.32 Å². The third kappa shape index (κ3) is 1.06. The van der Waals surface area contributed by atoms with Gasteiger partial charge in [0.2, 0.25) is 0 Å². The highest BCUT2D eigenvalue weighted by atomic mass is 35.5. The summed E-state index contributed by atoms with van der Waals surface area (Å²) in [5, 5.41) is 3.98. The fourth-order valence-electron chi connectivity index (χ4n) is 1.79. The second-order valence-electron chi connectivity index (χ2n) is 3.58. The molecule has 1 N–H and O–H groups in total. The topological polar surface area (TPSA) is 29.3 Å². The van der Waals surface area contributed by atoms with E-state index in [0.717, 1.165) is 29.6 Å². The summed E-state index contributed by atoms with van der Waals surface area (Å²) >= 11 is 6.13. The molecule has 0 atom stereocenters. The van der Waals surface area contributed by atoms with E-state index >= 15 is 0 Å². The molecule has 14 heavy (non-hydrogen) atoms. The van der Waals surface area contributed by atoms with E-state index in [1.54, 1.807) is 0 Å². The number of nitrogens with one attached hydrogen (secondary N) is 1. The van der Waals surface area contributed by atoms with Crippen LogP contribution in [0.25, 0.3) is 5.52 Å². The highest BCUT2D eigenvalue weighted by Gasteiger charge is 2.23. The number of pyridine rings is 1. The number of rotatable bonds is 1. The Morgan fingerprint density at radius 3 is 3.00 bits per heavy atom. The van der Waals surface area contributed by atoms with Crippen LogP contribution in [0.2, 0.25) is 5.15 Å². The highest BCUT2D eigenvalue weighted by Crippen LogP contribution is 2.23. The van der Waals surface area contributed by atoms with Crippen LogP contribution in [0.4, 0.5) is 0 Å². The summed E-state index contributed by atoms with van der Waals surface area (Å²) in [6.45, 7) is 2.01. The SMILES string of the molecule is Clc1cccc2cnc(C3CNC3)n12. The van der Waals surface area contributed by atoms with E-state index in [2.05, 4.69) is 10.3 Å². The molecule has 1 fully saturated rings. The molecule has 0 spiro atoms. The number of fused-ring (bicyclic) bond motifs is 1. The number of aromatic nitrogens is 2. The van der Waals surface area contributed by atoms with Crippen LogP contribution >= 0.6 is 11.6 Å². The summed E-state index contributed by atoms with van der Waals surface area (Å²) in [6.07, 6.45) is 1.87. The van der Waals surface area contributed by atoms with Crippen LogP contribution in [0, 0.1) is 0 Å². The Labute approximate surface area is 86.7 Å². The van der Waals surface area contributed by atoms with Gasteiger partial charge in [-0.05, 0) is 12.1 Å². The molecule has 3 nitrogen and oxygen atoms in total. The Balaban J connectivity index is 2.23. The fraction of sp³-hybridized carbons (Fsp3) is 0.300. The van der Waals surface area contributed by atoms with Gasteiger partial charge in [-0.15, -0.1) is 0 Å². The molecule has 3 rings (SSSR count). The molecule has 0 aromatic carbocycles. The molecule has 2 aromatic rings. The summed E-state index contributed by atoms with van der Waals surface area (Å²) in [4.78, 5) is 4.42. The summed E-state index contributed by atoms with van der Waals surface area (Å²) in [5.74, 6) is 1.58. The molecular weight excluding hydrogens is 198 g/mol. The van der Waals surface area contributed by atoms with Gasteiger partial charge >= 0.3 is 0 Å². The molecule has 0 bridgehead atoms. The minimum Gasteiger partial charge on any atom is -0.315 e. The lowest BCUT2D eigenvalue weighted by Gasteiger charge is -2.26. The van der Waals surface area contributed by atoms with Crippen LogP contribution in [0.3, 0.4) is 0 Å². The zero-order valence-electron chi connectivity index (χ0n) is 7.57. The molecule has 0 radical (unpaired) electrons. The summed E-state index contributed by atoms with van der Waals surface area (Å²) in [6, 6.07) is 5.86. The molecule has 4 heteroatoms. The molecular formula is C10H10ClN3. The maximum absolute atomic E-state index is 6.13. The van der Waals surface area contributed by atoms with Crippen LogP contribution in [0.1, 0.15) is 11.7 Å². The second kappa shape index (κ2) is 2.97. The third-order valence-corrected chi connectivity index (χ3v) is 2.97. The zero-order chi connectivity index (χ0) is 9.54. The Morgan fingerprint density at radius 2 is 2.29 bits per heavy atom. The minimum atomic E-state index is 0.511. The van der Waals surface area contributed by atoms with Crippen molar-refractivity contribution < 1.29 is 0 Å². The van der Waals surface area contributed by atoms with Crippen molar-refractivity contribution in [3.63, 3.8) is 0 Å². The molecule has 2 aromatic heterocycles. The first-order valence-electron chi connectivity index (χ1n) is 4.69. The van der Waals surface area contributed by atoms with E-state index < -0.39 is 0 Å². The molecule has 1 aliphatic rings. The van der Waals surface area contributed by atoms with E-state index in [-0.39, 0.29) is 0 Å². The summed E-state index contributed by atoms with van der Waals surface area (Å²) < 4.78 is 2.02. The van der Waals surface area contributed by atoms with E-state index in [4.69, 9.17) is 11.6 Å². The van der Waals surface area contributed by atoms with Gasteiger partial charge in [0.15, 0.2) is 0 Å². The number of imidazole rings is 1. The average molecular weight is 208 g/mol. The van der Waals surface area contributed by atoms with Gasteiger partial charge in [0.1, 0.15) is 11.0 Å². The third-order valence-electron chi connectivity index (χ3n) is 2.68. The standard InChI is InChI=1S/C10H10ClN3/c11-9-3-1-2-8-6-13-10(14(8)9)7-4-12-5-7/h1-3,6-7,12H,4-5H2. The van der Waals surface area contributed by atoms with Gasteiger partial charge in [0.05, 0.1) is 11.7 Å². The minimum absolute atomic E-state index is 0.511. The van der Waals surface area contributed by atoms with Gasteiger partial charge in [0, 0.05) is 19.0 Å². The summed E-state index contributed by atoms with van der Waals surface area (Å²) in [7, 11) is 0. The van der Waals surface area contributed by atoms with Crippen molar-refractivity contribution in [3.05, 3.63) is 35.4 Å². The Morgan fingerprint density at radius 1 is 1.43 bits per heavy atom. The van der Waals surface area contributed by atoms with Gasteiger partial charge in [-0.3, -0.25) is 4.40 Å². The van der Waals surface area contributed by atoms with Crippen molar-refractivity contribution in [2.24, 2.45) is 0 Å². The quantitative estimate of drug-likeness (QED) is 0.721. The number of hydrogen-bond donors (Lipinski definition) is 1. The first-order chi connectivity index (χ1) is 6.86. The van der Waals surface area contributed by atoms with Crippen molar-refractivity contribution in [3.8, 4) is 0 Å². The molecule has 3 heterocycles. The normalized spacial score (nSPS) is 17.2. The van der Waals surface area contributed by atoms with Crippen molar-refractivity contribution in [1.82, 2.24) is 14.7 Å². The lowest BCUT2D eigenvalue weighted by molar-refractivity contribution is 0.429. The molecule has 0 unspecified atom stereocenters. The van der Waals surface area contributed by atoms with Gasteiger partial charge in [0.25, 0.3) is 0 Å². The average Bonchev–Trinajstić information content (AvgIpc) is 2.47. The maximum atomic E-state index is 6.13. The predicted molar refractivity (Wildman–Crippen MR) is 55.8 cm³/mol. The lowest BCUT2D eigenvalue weighted by Crippen LogP contribution is -2.40. The molecule has 1 saturated heterocycles.